The summed E-state index contributed by atoms with van der Waals surface area (Å²) in [7, 11) is 0. The molecule has 0 spiro atoms. The number of carbonyl (C=O) groups excluding carboxylic acids is 1. The average molecular weight is 358 g/mol. The van der Waals surface area contributed by atoms with Crippen molar-refractivity contribution in [1.29, 1.82) is 5.26 Å². The minimum absolute atomic E-state index is 0.0127. The number of nitrogens with zero attached hydrogens (tertiary/aromatic N) is 1. The summed E-state index contributed by atoms with van der Waals surface area (Å²) < 4.78 is 5.73. The lowest BCUT2D eigenvalue weighted by Gasteiger charge is -2.34. The SMILES string of the molecule is N#CC1=C(N)OC2=C(C(=O)C[C@H](c3ccccc3)C2)[C@H]1c1cccc(O)c1. The molecule has 3 N–H and O–H groups in total. The van der Waals surface area contributed by atoms with E-state index in [1.165, 1.54) is 0 Å². The van der Waals surface area contributed by atoms with Gasteiger partial charge in [0, 0.05) is 18.4 Å². The summed E-state index contributed by atoms with van der Waals surface area (Å²) in [6.07, 6.45) is 0.889. The van der Waals surface area contributed by atoms with Crippen LogP contribution in [0.3, 0.4) is 0 Å². The van der Waals surface area contributed by atoms with Crippen molar-refractivity contribution in [2.24, 2.45) is 5.73 Å². The van der Waals surface area contributed by atoms with Crippen LogP contribution in [-0.2, 0) is 9.53 Å². The van der Waals surface area contributed by atoms with E-state index in [0.717, 1.165) is 5.56 Å². The lowest BCUT2D eigenvalue weighted by molar-refractivity contribution is -0.117. The van der Waals surface area contributed by atoms with E-state index in [1.807, 2.05) is 30.3 Å². The highest BCUT2D eigenvalue weighted by Gasteiger charge is 2.40. The fourth-order valence-corrected chi connectivity index (χ4v) is 3.91. The van der Waals surface area contributed by atoms with Gasteiger partial charge in [-0.1, -0.05) is 42.5 Å². The topological polar surface area (TPSA) is 96.3 Å². The summed E-state index contributed by atoms with van der Waals surface area (Å²) in [5.41, 5.74) is 8.41. The number of aromatic hydroxyl groups is 1. The number of Topliss-reactive ketones (excluding diaryl/α,β-unsaturated/α-hetero) is 1. The van der Waals surface area contributed by atoms with Gasteiger partial charge < -0.3 is 15.6 Å². The molecule has 27 heavy (non-hydrogen) atoms. The smallest absolute Gasteiger partial charge is 0.205 e. The van der Waals surface area contributed by atoms with Gasteiger partial charge in [-0.3, -0.25) is 4.79 Å². The summed E-state index contributed by atoms with van der Waals surface area (Å²) >= 11 is 0. The molecule has 1 aliphatic heterocycles. The van der Waals surface area contributed by atoms with Crippen LogP contribution in [0.25, 0.3) is 0 Å². The Morgan fingerprint density at radius 1 is 1.07 bits per heavy atom. The highest BCUT2D eigenvalue weighted by atomic mass is 16.5. The Bertz CT molecular complexity index is 1020. The normalized spacial score (nSPS) is 22.1. The average Bonchev–Trinajstić information content (AvgIpc) is 2.67. The maximum Gasteiger partial charge on any atom is 0.205 e. The monoisotopic (exact) mass is 358 g/mol. The van der Waals surface area contributed by atoms with Crippen LogP contribution >= 0.6 is 0 Å². The second kappa shape index (κ2) is 6.65. The van der Waals surface area contributed by atoms with Crippen molar-refractivity contribution in [3.05, 3.63) is 88.5 Å². The number of ketones is 1. The molecule has 0 amide bonds. The molecule has 0 unspecified atom stereocenters. The molecule has 2 aliphatic rings. The van der Waals surface area contributed by atoms with Gasteiger partial charge in [0.25, 0.3) is 0 Å². The maximum absolute atomic E-state index is 13.1. The molecule has 1 aliphatic carbocycles. The van der Waals surface area contributed by atoms with Crippen molar-refractivity contribution in [2.45, 2.75) is 24.7 Å². The highest BCUT2D eigenvalue weighted by molar-refractivity contribution is 6.00. The molecule has 5 heteroatoms. The van der Waals surface area contributed by atoms with Crippen LogP contribution in [0, 0.1) is 11.3 Å². The van der Waals surface area contributed by atoms with Crippen molar-refractivity contribution in [3.8, 4) is 11.8 Å². The first-order chi connectivity index (χ1) is 13.1. The maximum atomic E-state index is 13.1. The lowest BCUT2D eigenvalue weighted by atomic mass is 9.73. The van der Waals surface area contributed by atoms with Crippen molar-refractivity contribution in [3.63, 3.8) is 0 Å². The van der Waals surface area contributed by atoms with Gasteiger partial charge in [0.15, 0.2) is 5.78 Å². The second-order valence-electron chi connectivity index (χ2n) is 6.80. The number of carbonyl (C=O) groups is 1. The molecule has 2 aromatic rings. The molecule has 0 saturated heterocycles. The first-order valence-electron chi connectivity index (χ1n) is 8.76. The molecular weight excluding hydrogens is 340 g/mol. The Hall–Kier alpha value is -3.52. The van der Waals surface area contributed by atoms with Crippen molar-refractivity contribution in [2.75, 3.05) is 0 Å². The summed E-state index contributed by atoms with van der Waals surface area (Å²) in [4.78, 5) is 13.1. The number of nitriles is 1. The number of phenols is 1. The number of rotatable bonds is 2. The van der Waals surface area contributed by atoms with Gasteiger partial charge in [0.05, 0.1) is 5.92 Å². The van der Waals surface area contributed by atoms with Crippen LogP contribution in [0.1, 0.15) is 35.8 Å². The molecule has 0 aromatic heterocycles. The zero-order chi connectivity index (χ0) is 19.0. The summed E-state index contributed by atoms with van der Waals surface area (Å²) in [6.45, 7) is 0. The van der Waals surface area contributed by atoms with Crippen LogP contribution in [0.15, 0.2) is 77.4 Å². The number of ether oxygens (including phenoxy) is 1. The number of phenolic OH excluding ortho intramolecular Hbond substituents is 1. The minimum atomic E-state index is -0.616. The van der Waals surface area contributed by atoms with Gasteiger partial charge in [-0.25, -0.2) is 0 Å². The fraction of sp³-hybridized carbons (Fsp3) is 0.182. The van der Waals surface area contributed by atoms with Crippen molar-refractivity contribution >= 4 is 5.78 Å². The third-order valence-electron chi connectivity index (χ3n) is 5.14. The van der Waals surface area contributed by atoms with E-state index >= 15 is 0 Å². The number of allylic oxidation sites excluding steroid dienone is 3. The molecule has 0 bridgehead atoms. The van der Waals surface area contributed by atoms with E-state index in [9.17, 15) is 15.2 Å². The summed E-state index contributed by atoms with van der Waals surface area (Å²) in [5, 5.41) is 19.5. The molecular formula is C22H18N2O3. The van der Waals surface area contributed by atoms with E-state index < -0.39 is 5.92 Å². The zero-order valence-corrected chi connectivity index (χ0v) is 14.6. The number of hydrogen-bond acceptors (Lipinski definition) is 5. The van der Waals surface area contributed by atoms with E-state index in [4.69, 9.17) is 10.5 Å². The quantitative estimate of drug-likeness (QED) is 0.855. The third kappa shape index (κ3) is 2.96. The molecule has 5 nitrogen and oxygen atoms in total. The van der Waals surface area contributed by atoms with Gasteiger partial charge in [0.2, 0.25) is 5.88 Å². The van der Waals surface area contributed by atoms with Gasteiger partial charge >= 0.3 is 0 Å². The first-order valence-corrected chi connectivity index (χ1v) is 8.76. The molecule has 134 valence electrons. The Kier molecular flexibility index (Phi) is 4.17. The third-order valence-corrected chi connectivity index (χ3v) is 5.14. The largest absolute Gasteiger partial charge is 0.508 e. The number of nitrogens with two attached hydrogens (primary N) is 1. The summed E-state index contributed by atoms with van der Waals surface area (Å²) in [5.74, 6) is -0.0500. The Balaban J connectivity index is 1.80. The summed E-state index contributed by atoms with van der Waals surface area (Å²) in [6, 6.07) is 18.5. The Morgan fingerprint density at radius 3 is 2.52 bits per heavy atom. The molecule has 2 aromatic carbocycles. The Labute approximate surface area is 157 Å². The standard InChI is InChI=1S/C22H18N2O3/c23-12-17-20(14-7-4-8-16(25)9-14)21-18(26)10-15(11-19(21)27-22(17)24)13-5-2-1-3-6-13/h1-9,15,20,25H,10-11,24H2/t15-,20-/m0/s1. The van der Waals surface area contributed by atoms with Crippen molar-refractivity contribution < 1.29 is 14.6 Å². The molecule has 0 fully saturated rings. The van der Waals surface area contributed by atoms with Crippen molar-refractivity contribution in [1.82, 2.24) is 0 Å². The molecule has 0 saturated carbocycles. The predicted octanol–water partition coefficient (Wildman–Crippen LogP) is 3.60. The second-order valence-corrected chi connectivity index (χ2v) is 6.80. The lowest BCUT2D eigenvalue weighted by Crippen LogP contribution is -2.29. The molecule has 4 rings (SSSR count). The van der Waals surface area contributed by atoms with E-state index in [1.54, 1.807) is 24.3 Å². The predicted molar refractivity (Wildman–Crippen MR) is 99.2 cm³/mol. The Morgan fingerprint density at radius 2 is 1.81 bits per heavy atom. The minimum Gasteiger partial charge on any atom is -0.508 e. The zero-order valence-electron chi connectivity index (χ0n) is 14.6. The van der Waals surface area contributed by atoms with Crippen LogP contribution < -0.4 is 5.73 Å². The van der Waals surface area contributed by atoms with E-state index in [2.05, 4.69) is 6.07 Å². The van der Waals surface area contributed by atoms with Crippen LogP contribution in [-0.4, -0.2) is 10.9 Å². The highest BCUT2D eigenvalue weighted by Crippen LogP contribution is 2.46. The van der Waals surface area contributed by atoms with Crippen LogP contribution in [0.2, 0.25) is 0 Å². The van der Waals surface area contributed by atoms with Gasteiger partial charge in [0.1, 0.15) is 23.2 Å². The van der Waals surface area contributed by atoms with E-state index in [-0.39, 0.29) is 28.9 Å². The molecule has 1 heterocycles. The van der Waals surface area contributed by atoms with Gasteiger partial charge in [-0.05, 0) is 29.2 Å². The van der Waals surface area contributed by atoms with Gasteiger partial charge in [-0.2, -0.15) is 5.26 Å². The number of hydrogen-bond donors (Lipinski definition) is 2. The molecule has 0 radical (unpaired) electrons. The molecule has 2 atom stereocenters. The number of benzene rings is 2. The first kappa shape index (κ1) is 16.9. The van der Waals surface area contributed by atoms with E-state index in [0.29, 0.717) is 29.7 Å². The fourth-order valence-electron chi connectivity index (χ4n) is 3.91. The van der Waals surface area contributed by atoms with Gasteiger partial charge in [-0.15, -0.1) is 0 Å². The van der Waals surface area contributed by atoms with Crippen LogP contribution in [0.4, 0.5) is 0 Å². The van der Waals surface area contributed by atoms with Crippen LogP contribution in [0.5, 0.6) is 5.75 Å².